The summed E-state index contributed by atoms with van der Waals surface area (Å²) in [5.74, 6) is 3.00. The third kappa shape index (κ3) is 4.75. The number of rotatable bonds is 8. The first-order valence-corrected chi connectivity index (χ1v) is 8.35. The van der Waals surface area contributed by atoms with Crippen LogP contribution in [0.1, 0.15) is 29.3 Å². The second-order valence-corrected chi connectivity index (χ2v) is 6.41. The van der Waals surface area contributed by atoms with Gasteiger partial charge in [0.15, 0.2) is 11.3 Å². The van der Waals surface area contributed by atoms with Crippen molar-refractivity contribution >= 4 is 18.0 Å². The van der Waals surface area contributed by atoms with Gasteiger partial charge in [-0.25, -0.2) is 4.79 Å². The van der Waals surface area contributed by atoms with E-state index in [4.69, 9.17) is 17.3 Å². The Morgan fingerprint density at radius 3 is 2.52 bits per heavy atom. The highest BCUT2D eigenvalue weighted by molar-refractivity contribution is 6.10. The van der Waals surface area contributed by atoms with E-state index in [0.29, 0.717) is 17.7 Å². The van der Waals surface area contributed by atoms with E-state index in [1.54, 1.807) is 18.3 Å². The number of aromatic nitrogens is 1. The van der Waals surface area contributed by atoms with Crippen molar-refractivity contribution < 1.29 is 14.7 Å². The molecule has 0 bridgehead atoms. The highest BCUT2D eigenvalue weighted by Crippen LogP contribution is 2.19. The lowest BCUT2D eigenvalue weighted by Gasteiger charge is -2.26. The van der Waals surface area contributed by atoms with Gasteiger partial charge in [-0.3, -0.25) is 9.78 Å². The van der Waals surface area contributed by atoms with Crippen molar-refractivity contribution in [3.8, 4) is 0 Å². The lowest BCUT2D eigenvalue weighted by atomic mass is 9.84. The number of hydrogen-bond acceptors (Lipinski definition) is 7. The molecule has 1 aromatic heterocycles. The Morgan fingerprint density at radius 2 is 1.96 bits per heavy atom. The number of ketones is 1. The molecule has 27 heavy (non-hydrogen) atoms. The summed E-state index contributed by atoms with van der Waals surface area (Å²) in [5.41, 5.74) is 12.5. The van der Waals surface area contributed by atoms with Crippen molar-refractivity contribution in [3.05, 3.63) is 65.0 Å². The van der Waals surface area contributed by atoms with E-state index in [-0.39, 0.29) is 6.42 Å². The number of carbonyl (C=O) groups excluding carboxylic acids is 1. The van der Waals surface area contributed by atoms with Crippen molar-refractivity contribution in [2.24, 2.45) is 22.4 Å². The number of nitrogens with two attached hydrogens (primary N) is 3. The van der Waals surface area contributed by atoms with Crippen LogP contribution < -0.4 is 17.3 Å². The number of hydrogen-bond donors (Lipinski definition) is 4. The SMILES string of the molecule is CC(N)C(=O)C(N)(Cc1cccnc1Cc1ccc(C=NN)cc1)C(=O)O. The molecule has 142 valence electrons. The number of hydrazone groups is 1. The largest absolute Gasteiger partial charge is 0.480 e. The van der Waals surface area contributed by atoms with Gasteiger partial charge in [0.1, 0.15) is 0 Å². The highest BCUT2D eigenvalue weighted by atomic mass is 16.4. The quantitative estimate of drug-likeness (QED) is 0.224. The Bertz CT molecular complexity index is 849. The van der Waals surface area contributed by atoms with Gasteiger partial charge in [-0.05, 0) is 29.7 Å². The third-order valence-electron chi connectivity index (χ3n) is 4.26. The summed E-state index contributed by atoms with van der Waals surface area (Å²) in [6, 6.07) is 9.93. The minimum absolute atomic E-state index is 0.191. The first kappa shape index (κ1) is 20.2. The first-order valence-electron chi connectivity index (χ1n) is 8.35. The van der Waals surface area contributed by atoms with Crippen LogP contribution in [0, 0.1) is 0 Å². The summed E-state index contributed by atoms with van der Waals surface area (Å²) in [5, 5.41) is 13.0. The molecule has 0 saturated carbocycles. The van der Waals surface area contributed by atoms with Crippen LogP contribution in [0.25, 0.3) is 0 Å². The van der Waals surface area contributed by atoms with E-state index in [1.165, 1.54) is 13.1 Å². The average Bonchev–Trinajstić information content (AvgIpc) is 2.64. The first-order chi connectivity index (χ1) is 12.8. The Labute approximate surface area is 157 Å². The zero-order chi connectivity index (χ0) is 20.0. The van der Waals surface area contributed by atoms with E-state index >= 15 is 0 Å². The maximum absolute atomic E-state index is 12.3. The standard InChI is InChI=1S/C19H23N5O3/c1-12(20)17(25)19(21,18(26)27)10-15-3-2-8-23-16(15)9-13-4-6-14(7-5-13)11-24-22/h2-8,11-12H,9-10,20-22H2,1H3,(H,26,27). The Morgan fingerprint density at radius 1 is 1.30 bits per heavy atom. The van der Waals surface area contributed by atoms with Crippen LogP contribution >= 0.6 is 0 Å². The molecule has 0 radical (unpaired) electrons. The summed E-state index contributed by atoms with van der Waals surface area (Å²) < 4.78 is 0. The number of carboxylic acid groups (broad SMARTS) is 1. The molecule has 0 saturated heterocycles. The molecule has 0 amide bonds. The van der Waals surface area contributed by atoms with Crippen LogP contribution in [-0.2, 0) is 22.4 Å². The van der Waals surface area contributed by atoms with Gasteiger partial charge in [0.25, 0.3) is 0 Å². The van der Waals surface area contributed by atoms with E-state index in [1.807, 2.05) is 24.3 Å². The van der Waals surface area contributed by atoms with Gasteiger partial charge in [0.2, 0.25) is 0 Å². The molecule has 0 aliphatic heterocycles. The maximum Gasteiger partial charge on any atom is 0.331 e. The molecule has 1 heterocycles. The zero-order valence-corrected chi connectivity index (χ0v) is 15.0. The minimum atomic E-state index is -2.10. The molecule has 1 aromatic carbocycles. The molecule has 0 fully saturated rings. The van der Waals surface area contributed by atoms with Crippen molar-refractivity contribution in [3.63, 3.8) is 0 Å². The summed E-state index contributed by atoms with van der Waals surface area (Å²) in [6.45, 7) is 1.42. The molecule has 8 heteroatoms. The highest BCUT2D eigenvalue weighted by Gasteiger charge is 2.43. The normalized spacial score (nSPS) is 14.6. The van der Waals surface area contributed by atoms with Crippen molar-refractivity contribution in [2.75, 3.05) is 0 Å². The molecule has 2 aromatic rings. The predicted molar refractivity (Wildman–Crippen MR) is 102 cm³/mol. The van der Waals surface area contributed by atoms with Gasteiger partial charge in [-0.2, -0.15) is 5.10 Å². The number of benzene rings is 1. The summed E-state index contributed by atoms with van der Waals surface area (Å²) >= 11 is 0. The summed E-state index contributed by atoms with van der Waals surface area (Å²) in [4.78, 5) is 28.3. The van der Waals surface area contributed by atoms with Gasteiger partial charge in [-0.1, -0.05) is 30.3 Å². The molecular weight excluding hydrogens is 346 g/mol. The summed E-state index contributed by atoms with van der Waals surface area (Å²) in [7, 11) is 0. The number of Topliss-reactive ketones (excluding diaryl/α,β-unsaturated/α-hetero) is 1. The molecule has 2 unspecified atom stereocenters. The van der Waals surface area contributed by atoms with Crippen molar-refractivity contribution in [1.29, 1.82) is 0 Å². The minimum Gasteiger partial charge on any atom is -0.480 e. The molecular formula is C19H23N5O3. The van der Waals surface area contributed by atoms with E-state index < -0.39 is 23.3 Å². The van der Waals surface area contributed by atoms with Crippen LogP contribution in [0.2, 0.25) is 0 Å². The predicted octanol–water partition coefficient (Wildman–Crippen LogP) is 0.206. The number of carbonyl (C=O) groups is 2. The number of pyridine rings is 1. The second kappa shape index (κ2) is 8.52. The number of aliphatic carboxylic acids is 1. The smallest absolute Gasteiger partial charge is 0.331 e. The van der Waals surface area contributed by atoms with Crippen LogP contribution in [0.5, 0.6) is 0 Å². The number of carboxylic acids is 1. The van der Waals surface area contributed by atoms with Gasteiger partial charge < -0.3 is 22.4 Å². The van der Waals surface area contributed by atoms with E-state index in [9.17, 15) is 14.7 Å². The van der Waals surface area contributed by atoms with Crippen LogP contribution in [0.4, 0.5) is 0 Å². The Balaban J connectivity index is 2.31. The lowest BCUT2D eigenvalue weighted by Crippen LogP contribution is -2.61. The molecule has 8 nitrogen and oxygen atoms in total. The number of nitrogens with zero attached hydrogens (tertiary/aromatic N) is 2. The third-order valence-corrected chi connectivity index (χ3v) is 4.26. The molecule has 0 aliphatic rings. The average molecular weight is 369 g/mol. The van der Waals surface area contributed by atoms with Crippen LogP contribution in [-0.4, -0.2) is 39.6 Å². The van der Waals surface area contributed by atoms with Gasteiger partial charge >= 0.3 is 5.97 Å². The molecule has 0 aliphatic carbocycles. The van der Waals surface area contributed by atoms with Gasteiger partial charge in [-0.15, -0.1) is 0 Å². The summed E-state index contributed by atoms with van der Waals surface area (Å²) in [6.07, 6.45) is 3.41. The molecule has 2 rings (SSSR count). The van der Waals surface area contributed by atoms with Crippen LogP contribution in [0.3, 0.4) is 0 Å². The Kier molecular flexibility index (Phi) is 6.38. The van der Waals surface area contributed by atoms with E-state index in [0.717, 1.165) is 11.1 Å². The topological polar surface area (TPSA) is 158 Å². The maximum atomic E-state index is 12.3. The fourth-order valence-electron chi connectivity index (χ4n) is 2.77. The lowest BCUT2D eigenvalue weighted by molar-refractivity contribution is -0.148. The molecule has 0 spiro atoms. The monoisotopic (exact) mass is 369 g/mol. The van der Waals surface area contributed by atoms with Crippen molar-refractivity contribution in [1.82, 2.24) is 4.98 Å². The molecule has 7 N–H and O–H groups in total. The zero-order valence-electron chi connectivity index (χ0n) is 15.0. The Hall–Kier alpha value is -3.10. The van der Waals surface area contributed by atoms with Gasteiger partial charge in [0, 0.05) is 24.7 Å². The fraction of sp³-hybridized carbons (Fsp3) is 0.263. The van der Waals surface area contributed by atoms with Crippen LogP contribution in [0.15, 0.2) is 47.7 Å². The second-order valence-electron chi connectivity index (χ2n) is 6.41. The van der Waals surface area contributed by atoms with Gasteiger partial charge in [0.05, 0.1) is 12.3 Å². The molecule has 2 atom stereocenters. The van der Waals surface area contributed by atoms with E-state index in [2.05, 4.69) is 10.1 Å². The fourth-order valence-corrected chi connectivity index (χ4v) is 2.77. The van der Waals surface area contributed by atoms with Crippen molar-refractivity contribution in [2.45, 2.75) is 31.3 Å².